The van der Waals surface area contributed by atoms with Gasteiger partial charge in [0, 0.05) is 19.5 Å². The first-order chi connectivity index (χ1) is 10.4. The van der Waals surface area contributed by atoms with Gasteiger partial charge in [-0.3, -0.25) is 9.59 Å². The van der Waals surface area contributed by atoms with Gasteiger partial charge in [0.25, 0.3) is 0 Å². The Bertz CT molecular complexity index is 524. The largest absolute Gasteiger partial charge is 0.481 e. The van der Waals surface area contributed by atoms with E-state index in [0.717, 1.165) is 24.9 Å². The summed E-state index contributed by atoms with van der Waals surface area (Å²) in [5, 5.41) is 8.82. The zero-order chi connectivity index (χ0) is 16.2. The van der Waals surface area contributed by atoms with Crippen LogP contribution in [0.3, 0.4) is 0 Å². The lowest BCUT2D eigenvalue weighted by Gasteiger charge is -2.38. The van der Waals surface area contributed by atoms with Gasteiger partial charge in [0.1, 0.15) is 0 Å². The molecule has 1 atom stereocenters. The fourth-order valence-corrected chi connectivity index (χ4v) is 3.19. The molecule has 1 N–H and O–H groups in total. The van der Waals surface area contributed by atoms with E-state index in [-0.39, 0.29) is 12.3 Å². The van der Waals surface area contributed by atoms with Crippen molar-refractivity contribution in [2.75, 3.05) is 13.1 Å². The van der Waals surface area contributed by atoms with E-state index in [0.29, 0.717) is 18.9 Å². The Hall–Kier alpha value is -1.84. The number of rotatable bonds is 5. The molecule has 22 heavy (non-hydrogen) atoms. The number of hydrogen-bond acceptors (Lipinski definition) is 2. The highest BCUT2D eigenvalue weighted by molar-refractivity contribution is 5.87. The van der Waals surface area contributed by atoms with E-state index in [4.69, 9.17) is 5.11 Å². The van der Waals surface area contributed by atoms with Crippen molar-refractivity contribution in [1.29, 1.82) is 0 Å². The van der Waals surface area contributed by atoms with Crippen LogP contribution < -0.4 is 0 Å². The van der Waals surface area contributed by atoms with E-state index >= 15 is 0 Å². The number of nitrogens with zero attached hydrogens (tertiary/aromatic N) is 1. The zero-order valence-corrected chi connectivity index (χ0v) is 13.4. The van der Waals surface area contributed by atoms with E-state index in [1.54, 1.807) is 0 Å². The molecule has 0 bridgehead atoms. The number of aliphatic carboxylic acids is 1. The molecule has 1 aliphatic rings. The number of carboxylic acid groups (broad SMARTS) is 1. The van der Waals surface area contributed by atoms with Crippen molar-refractivity contribution >= 4 is 11.9 Å². The molecule has 1 saturated heterocycles. The Balaban J connectivity index is 2.03. The monoisotopic (exact) mass is 303 g/mol. The second kappa shape index (κ2) is 6.95. The molecule has 4 nitrogen and oxygen atoms in total. The molecule has 1 aromatic carbocycles. The number of hydrogen-bond donors (Lipinski definition) is 1. The van der Waals surface area contributed by atoms with Gasteiger partial charge in [0.05, 0.1) is 5.41 Å². The van der Waals surface area contributed by atoms with Crippen LogP contribution in [0, 0.1) is 5.92 Å². The van der Waals surface area contributed by atoms with Crippen LogP contribution in [0.25, 0.3) is 0 Å². The number of amides is 1. The third-order valence-corrected chi connectivity index (χ3v) is 4.60. The predicted molar refractivity (Wildman–Crippen MR) is 85.6 cm³/mol. The highest BCUT2D eigenvalue weighted by Crippen LogP contribution is 2.29. The van der Waals surface area contributed by atoms with Gasteiger partial charge in [0.15, 0.2) is 0 Å². The summed E-state index contributed by atoms with van der Waals surface area (Å²) < 4.78 is 0. The van der Waals surface area contributed by atoms with Crippen molar-refractivity contribution in [1.82, 2.24) is 4.90 Å². The number of carbonyl (C=O) groups excluding carboxylic acids is 1. The van der Waals surface area contributed by atoms with E-state index in [9.17, 15) is 9.59 Å². The molecule has 120 valence electrons. The van der Waals surface area contributed by atoms with Gasteiger partial charge < -0.3 is 10.0 Å². The molecule has 1 aliphatic heterocycles. The van der Waals surface area contributed by atoms with Crippen molar-refractivity contribution in [2.45, 2.75) is 44.9 Å². The topological polar surface area (TPSA) is 57.6 Å². The second-order valence-electron chi connectivity index (χ2n) is 6.68. The molecule has 0 aliphatic carbocycles. The lowest BCUT2D eigenvalue weighted by Crippen LogP contribution is -2.48. The molecule has 0 radical (unpaired) electrons. The number of carbonyl (C=O) groups is 2. The fraction of sp³-hybridized carbons (Fsp3) is 0.556. The van der Waals surface area contributed by atoms with Gasteiger partial charge in [-0.05, 0) is 44.6 Å². The molecule has 1 amide bonds. The second-order valence-corrected chi connectivity index (χ2v) is 6.68. The summed E-state index contributed by atoms with van der Waals surface area (Å²) in [6, 6.07) is 9.84. The van der Waals surface area contributed by atoms with E-state index in [1.165, 1.54) is 0 Å². The SMILES string of the molecule is CC(C)(C(=O)N1CCC[C@H](CCC(=O)O)C1)c1ccccc1. The third-order valence-electron chi connectivity index (χ3n) is 4.60. The number of benzene rings is 1. The first-order valence-corrected chi connectivity index (χ1v) is 7.98. The summed E-state index contributed by atoms with van der Waals surface area (Å²) in [5.74, 6) is -0.313. The highest BCUT2D eigenvalue weighted by Gasteiger charge is 2.35. The molecule has 1 heterocycles. The van der Waals surface area contributed by atoms with Gasteiger partial charge in [-0.15, -0.1) is 0 Å². The number of piperidine rings is 1. The zero-order valence-electron chi connectivity index (χ0n) is 13.4. The van der Waals surface area contributed by atoms with Gasteiger partial charge in [-0.1, -0.05) is 30.3 Å². The fourth-order valence-electron chi connectivity index (χ4n) is 3.19. The Labute approximate surface area is 132 Å². The minimum absolute atomic E-state index is 0.138. The van der Waals surface area contributed by atoms with Crippen LogP contribution >= 0.6 is 0 Å². The summed E-state index contributed by atoms with van der Waals surface area (Å²) in [4.78, 5) is 25.6. The number of likely N-dealkylation sites (tertiary alicyclic amines) is 1. The van der Waals surface area contributed by atoms with E-state index in [1.807, 2.05) is 49.1 Å². The normalized spacial score (nSPS) is 19.0. The van der Waals surface area contributed by atoms with Crippen molar-refractivity contribution in [3.8, 4) is 0 Å². The average molecular weight is 303 g/mol. The van der Waals surface area contributed by atoms with Crippen LogP contribution in [0.2, 0.25) is 0 Å². The van der Waals surface area contributed by atoms with Crippen LogP contribution in [-0.4, -0.2) is 35.0 Å². The van der Waals surface area contributed by atoms with Crippen molar-refractivity contribution in [3.05, 3.63) is 35.9 Å². The molecule has 4 heteroatoms. The molecule has 0 unspecified atom stereocenters. The van der Waals surface area contributed by atoms with Crippen molar-refractivity contribution in [2.24, 2.45) is 5.92 Å². The maximum absolute atomic E-state index is 12.9. The van der Waals surface area contributed by atoms with Gasteiger partial charge in [-0.25, -0.2) is 0 Å². The first-order valence-electron chi connectivity index (χ1n) is 7.98. The maximum atomic E-state index is 12.9. The van der Waals surface area contributed by atoms with Gasteiger partial charge >= 0.3 is 5.97 Å². The Morgan fingerprint density at radius 3 is 2.59 bits per heavy atom. The van der Waals surface area contributed by atoms with Crippen molar-refractivity contribution in [3.63, 3.8) is 0 Å². The van der Waals surface area contributed by atoms with Gasteiger partial charge in [-0.2, -0.15) is 0 Å². The predicted octanol–water partition coefficient (Wildman–Crippen LogP) is 3.07. The maximum Gasteiger partial charge on any atom is 0.303 e. The van der Waals surface area contributed by atoms with Crippen LogP contribution in [0.4, 0.5) is 0 Å². The standard InChI is InChI=1S/C18H25NO3/c1-18(2,15-8-4-3-5-9-15)17(22)19-12-6-7-14(13-19)10-11-16(20)21/h3-5,8-9,14H,6-7,10-13H2,1-2H3,(H,20,21)/t14-/m1/s1. The molecule has 0 aromatic heterocycles. The molecule has 0 spiro atoms. The molecule has 0 saturated carbocycles. The smallest absolute Gasteiger partial charge is 0.303 e. The van der Waals surface area contributed by atoms with Crippen LogP contribution in [0.15, 0.2) is 30.3 Å². The summed E-state index contributed by atoms with van der Waals surface area (Å²) >= 11 is 0. The quantitative estimate of drug-likeness (QED) is 0.909. The first kappa shape index (κ1) is 16.5. The summed E-state index contributed by atoms with van der Waals surface area (Å²) in [7, 11) is 0. The lowest BCUT2D eigenvalue weighted by molar-refractivity contribution is -0.138. The minimum Gasteiger partial charge on any atom is -0.481 e. The van der Waals surface area contributed by atoms with Crippen LogP contribution in [0.5, 0.6) is 0 Å². The molecule has 1 fully saturated rings. The third kappa shape index (κ3) is 3.87. The summed E-state index contributed by atoms with van der Waals surface area (Å²) in [6.07, 6.45) is 2.82. The van der Waals surface area contributed by atoms with E-state index < -0.39 is 11.4 Å². The molecular weight excluding hydrogens is 278 g/mol. The lowest BCUT2D eigenvalue weighted by atomic mass is 9.82. The Morgan fingerprint density at radius 1 is 1.27 bits per heavy atom. The minimum atomic E-state index is -0.756. The van der Waals surface area contributed by atoms with Crippen LogP contribution in [0.1, 0.15) is 45.1 Å². The van der Waals surface area contributed by atoms with Crippen LogP contribution in [-0.2, 0) is 15.0 Å². The molecule has 2 rings (SSSR count). The van der Waals surface area contributed by atoms with Crippen molar-refractivity contribution < 1.29 is 14.7 Å². The number of carboxylic acids is 1. The average Bonchev–Trinajstić information content (AvgIpc) is 2.53. The summed E-state index contributed by atoms with van der Waals surface area (Å²) in [6.45, 7) is 5.39. The van der Waals surface area contributed by atoms with E-state index in [2.05, 4.69) is 0 Å². The Kier molecular flexibility index (Phi) is 5.22. The van der Waals surface area contributed by atoms with Gasteiger partial charge in [0.2, 0.25) is 5.91 Å². The summed E-state index contributed by atoms with van der Waals surface area (Å²) in [5.41, 5.74) is 0.475. The molecular formula is C18H25NO3. The molecule has 1 aromatic rings. The highest BCUT2D eigenvalue weighted by atomic mass is 16.4. The Morgan fingerprint density at radius 2 is 1.95 bits per heavy atom.